The second kappa shape index (κ2) is 9.60. The fourth-order valence-electron chi connectivity index (χ4n) is 2.88. The number of hydrogen-bond donors (Lipinski definition) is 3. The summed E-state index contributed by atoms with van der Waals surface area (Å²) in [7, 11) is 0. The van der Waals surface area contributed by atoms with E-state index in [0.29, 0.717) is 19.5 Å². The standard InChI is InChI=1S/C19H24N4O.HI/c1-2-20-19(23-17-9-10-18(24)21-13-17)22-12-14-7-8-15-5-3-4-6-16(15)11-14;/h3-8,11,17H,2,9-10,12-13H2,1H3,(H,21,24)(H2,20,22,23);1H. The molecule has 25 heavy (non-hydrogen) atoms. The van der Waals surface area contributed by atoms with Gasteiger partial charge in [-0.3, -0.25) is 4.79 Å². The van der Waals surface area contributed by atoms with Crippen LogP contribution in [0, 0.1) is 0 Å². The van der Waals surface area contributed by atoms with Gasteiger partial charge < -0.3 is 16.0 Å². The van der Waals surface area contributed by atoms with Crippen LogP contribution in [0.15, 0.2) is 47.5 Å². The van der Waals surface area contributed by atoms with E-state index in [-0.39, 0.29) is 35.9 Å². The summed E-state index contributed by atoms with van der Waals surface area (Å²) >= 11 is 0. The molecule has 1 aliphatic heterocycles. The average molecular weight is 452 g/mol. The number of halogens is 1. The van der Waals surface area contributed by atoms with E-state index in [2.05, 4.69) is 70.3 Å². The molecular weight excluding hydrogens is 427 g/mol. The van der Waals surface area contributed by atoms with Gasteiger partial charge in [0.25, 0.3) is 0 Å². The highest BCUT2D eigenvalue weighted by molar-refractivity contribution is 14.0. The molecule has 0 radical (unpaired) electrons. The maximum atomic E-state index is 11.3. The van der Waals surface area contributed by atoms with E-state index in [0.717, 1.165) is 18.9 Å². The van der Waals surface area contributed by atoms with Crippen molar-refractivity contribution in [2.45, 2.75) is 32.4 Å². The summed E-state index contributed by atoms with van der Waals surface area (Å²) in [5, 5.41) is 12.1. The van der Waals surface area contributed by atoms with Gasteiger partial charge in [-0.2, -0.15) is 0 Å². The molecule has 0 bridgehead atoms. The number of fused-ring (bicyclic) bond motifs is 1. The van der Waals surface area contributed by atoms with Gasteiger partial charge in [-0.05, 0) is 35.7 Å². The van der Waals surface area contributed by atoms with Crippen molar-refractivity contribution < 1.29 is 4.79 Å². The van der Waals surface area contributed by atoms with Crippen LogP contribution in [0.2, 0.25) is 0 Å². The second-order valence-corrected chi connectivity index (χ2v) is 6.06. The molecule has 2 aromatic carbocycles. The predicted octanol–water partition coefficient (Wildman–Crippen LogP) is 2.79. The lowest BCUT2D eigenvalue weighted by Crippen LogP contribution is -2.51. The number of aliphatic imine (C=N–C) groups is 1. The van der Waals surface area contributed by atoms with Crippen LogP contribution in [-0.2, 0) is 11.3 Å². The van der Waals surface area contributed by atoms with Crippen LogP contribution < -0.4 is 16.0 Å². The van der Waals surface area contributed by atoms with E-state index >= 15 is 0 Å². The highest BCUT2D eigenvalue weighted by Crippen LogP contribution is 2.16. The third-order valence-electron chi connectivity index (χ3n) is 4.18. The molecule has 1 aliphatic rings. The van der Waals surface area contributed by atoms with Crippen molar-refractivity contribution in [2.24, 2.45) is 4.99 Å². The maximum absolute atomic E-state index is 11.3. The molecule has 3 N–H and O–H groups in total. The third-order valence-corrected chi connectivity index (χ3v) is 4.18. The summed E-state index contributed by atoms with van der Waals surface area (Å²) in [4.78, 5) is 15.9. The molecular formula is C19H25IN4O. The highest BCUT2D eigenvalue weighted by atomic mass is 127. The zero-order valence-electron chi connectivity index (χ0n) is 14.4. The van der Waals surface area contributed by atoms with Gasteiger partial charge in [0.1, 0.15) is 0 Å². The summed E-state index contributed by atoms with van der Waals surface area (Å²) in [6.07, 6.45) is 1.41. The highest BCUT2D eigenvalue weighted by Gasteiger charge is 2.18. The second-order valence-electron chi connectivity index (χ2n) is 6.06. The number of piperidine rings is 1. The number of amides is 1. The minimum absolute atomic E-state index is 0. The molecule has 1 heterocycles. The Morgan fingerprint density at radius 1 is 1.24 bits per heavy atom. The molecule has 1 saturated heterocycles. The normalized spacial score (nSPS) is 17.6. The van der Waals surface area contributed by atoms with E-state index in [1.165, 1.54) is 16.3 Å². The summed E-state index contributed by atoms with van der Waals surface area (Å²) in [6.45, 7) is 4.14. The van der Waals surface area contributed by atoms with Crippen LogP contribution in [0.4, 0.5) is 0 Å². The van der Waals surface area contributed by atoms with Crippen molar-refractivity contribution in [3.63, 3.8) is 0 Å². The molecule has 1 fully saturated rings. The third kappa shape index (κ3) is 5.59. The first-order chi connectivity index (χ1) is 11.7. The van der Waals surface area contributed by atoms with Crippen LogP contribution >= 0.6 is 24.0 Å². The number of benzene rings is 2. The fraction of sp³-hybridized carbons (Fsp3) is 0.368. The SMILES string of the molecule is CCNC(=NCc1ccc2ccccc2c1)NC1CCC(=O)NC1.I. The predicted molar refractivity (Wildman–Crippen MR) is 113 cm³/mol. The smallest absolute Gasteiger partial charge is 0.220 e. The molecule has 0 aromatic heterocycles. The van der Waals surface area contributed by atoms with Crippen molar-refractivity contribution in [1.82, 2.24) is 16.0 Å². The Hall–Kier alpha value is -1.83. The Kier molecular flexibility index (Phi) is 7.49. The number of carbonyl (C=O) groups is 1. The Morgan fingerprint density at radius 2 is 2.04 bits per heavy atom. The Morgan fingerprint density at radius 3 is 2.76 bits per heavy atom. The number of rotatable bonds is 4. The Bertz CT molecular complexity index is 737. The molecule has 1 unspecified atom stereocenters. The van der Waals surface area contributed by atoms with Crippen molar-refractivity contribution in [2.75, 3.05) is 13.1 Å². The first-order valence-corrected chi connectivity index (χ1v) is 8.54. The van der Waals surface area contributed by atoms with Gasteiger partial charge in [-0.25, -0.2) is 4.99 Å². The van der Waals surface area contributed by atoms with Crippen LogP contribution in [0.5, 0.6) is 0 Å². The van der Waals surface area contributed by atoms with E-state index in [1.807, 2.05) is 0 Å². The molecule has 1 amide bonds. The number of nitrogens with zero attached hydrogens (tertiary/aromatic N) is 1. The van der Waals surface area contributed by atoms with Gasteiger partial charge in [-0.1, -0.05) is 36.4 Å². The van der Waals surface area contributed by atoms with Gasteiger partial charge >= 0.3 is 0 Å². The van der Waals surface area contributed by atoms with Crippen LogP contribution in [-0.4, -0.2) is 31.0 Å². The molecule has 134 valence electrons. The summed E-state index contributed by atoms with van der Waals surface area (Å²) < 4.78 is 0. The lowest BCUT2D eigenvalue weighted by atomic mass is 10.1. The van der Waals surface area contributed by atoms with Gasteiger partial charge in [0, 0.05) is 25.6 Å². The molecule has 5 nitrogen and oxygen atoms in total. The Balaban J connectivity index is 0.00000225. The molecule has 3 rings (SSSR count). The van der Waals surface area contributed by atoms with Gasteiger partial charge in [0.15, 0.2) is 5.96 Å². The minimum Gasteiger partial charge on any atom is -0.357 e. The van der Waals surface area contributed by atoms with Crippen LogP contribution in [0.1, 0.15) is 25.3 Å². The molecule has 6 heteroatoms. The van der Waals surface area contributed by atoms with E-state index in [4.69, 9.17) is 0 Å². The number of carbonyl (C=O) groups excluding carboxylic acids is 1. The van der Waals surface area contributed by atoms with Crippen LogP contribution in [0.25, 0.3) is 10.8 Å². The largest absolute Gasteiger partial charge is 0.357 e. The molecule has 1 atom stereocenters. The molecule has 0 saturated carbocycles. The fourth-order valence-corrected chi connectivity index (χ4v) is 2.88. The van der Waals surface area contributed by atoms with Gasteiger partial charge in [0.2, 0.25) is 5.91 Å². The lowest BCUT2D eigenvalue weighted by Gasteiger charge is -2.25. The molecule has 0 aliphatic carbocycles. The number of hydrogen-bond acceptors (Lipinski definition) is 2. The van der Waals surface area contributed by atoms with Crippen LogP contribution in [0.3, 0.4) is 0 Å². The summed E-state index contributed by atoms with van der Waals surface area (Å²) in [6, 6.07) is 15.0. The zero-order valence-corrected chi connectivity index (χ0v) is 16.7. The summed E-state index contributed by atoms with van der Waals surface area (Å²) in [5.41, 5.74) is 1.18. The van der Waals surface area contributed by atoms with Gasteiger partial charge in [0.05, 0.1) is 6.54 Å². The quantitative estimate of drug-likeness (QED) is 0.380. The topological polar surface area (TPSA) is 65.5 Å². The average Bonchev–Trinajstić information content (AvgIpc) is 2.61. The van der Waals surface area contributed by atoms with E-state index in [1.54, 1.807) is 0 Å². The number of guanidine groups is 1. The number of nitrogens with one attached hydrogen (secondary N) is 3. The van der Waals surface area contributed by atoms with E-state index in [9.17, 15) is 4.79 Å². The zero-order chi connectivity index (χ0) is 16.8. The minimum atomic E-state index is 0. The van der Waals surface area contributed by atoms with Crippen molar-refractivity contribution in [3.05, 3.63) is 48.0 Å². The monoisotopic (exact) mass is 452 g/mol. The van der Waals surface area contributed by atoms with Gasteiger partial charge in [-0.15, -0.1) is 24.0 Å². The molecule has 0 spiro atoms. The first kappa shape index (κ1) is 19.5. The first-order valence-electron chi connectivity index (χ1n) is 8.54. The lowest BCUT2D eigenvalue weighted by molar-refractivity contribution is -0.122. The van der Waals surface area contributed by atoms with E-state index < -0.39 is 0 Å². The van der Waals surface area contributed by atoms with Crippen molar-refractivity contribution >= 4 is 46.6 Å². The molecule has 2 aromatic rings. The Labute approximate surface area is 165 Å². The summed E-state index contributed by atoms with van der Waals surface area (Å²) in [5.74, 6) is 0.929. The van der Waals surface area contributed by atoms with Crippen molar-refractivity contribution in [1.29, 1.82) is 0 Å². The van der Waals surface area contributed by atoms with Crippen molar-refractivity contribution in [3.8, 4) is 0 Å². The maximum Gasteiger partial charge on any atom is 0.220 e.